The number of rotatable bonds is 8. The van der Waals surface area contributed by atoms with E-state index in [0.29, 0.717) is 29.7 Å². The summed E-state index contributed by atoms with van der Waals surface area (Å²) in [6, 6.07) is 25.8. The molecule has 36 heavy (non-hydrogen) atoms. The van der Waals surface area contributed by atoms with Gasteiger partial charge in [-0.25, -0.2) is 4.98 Å². The first-order valence-electron chi connectivity index (χ1n) is 12.0. The van der Waals surface area contributed by atoms with Crippen molar-refractivity contribution in [1.29, 1.82) is 0 Å². The number of hydrogen-bond acceptors (Lipinski definition) is 6. The molecule has 1 aliphatic rings. The van der Waals surface area contributed by atoms with E-state index in [1.165, 1.54) is 0 Å². The molecule has 5 rings (SSSR count). The molecule has 7 nitrogen and oxygen atoms in total. The van der Waals surface area contributed by atoms with Crippen molar-refractivity contribution in [3.8, 4) is 0 Å². The highest BCUT2D eigenvalue weighted by atomic mass is 16.6. The highest BCUT2D eigenvalue weighted by Crippen LogP contribution is 2.33. The number of carbonyl (C=O) groups is 2. The first-order valence-corrected chi connectivity index (χ1v) is 12.0. The molecule has 3 aromatic carbocycles. The monoisotopic (exact) mass is 482 g/mol. The van der Waals surface area contributed by atoms with Gasteiger partial charge in [0.1, 0.15) is 19.0 Å². The van der Waals surface area contributed by atoms with Gasteiger partial charge in [0.05, 0.1) is 10.9 Å². The van der Waals surface area contributed by atoms with E-state index >= 15 is 0 Å². The molecule has 0 saturated carbocycles. The van der Waals surface area contributed by atoms with Crippen molar-refractivity contribution < 1.29 is 19.1 Å². The lowest BCUT2D eigenvalue weighted by atomic mass is 9.92. The van der Waals surface area contributed by atoms with Gasteiger partial charge in [-0.15, -0.1) is 0 Å². The topological polar surface area (TPSA) is 87.5 Å². The molecule has 1 aliphatic heterocycles. The van der Waals surface area contributed by atoms with Crippen LogP contribution in [0.15, 0.2) is 89.7 Å². The SMILES string of the molecule is O=C(OCc1ccccc1)C(CC1CCn2c1nc1ccccc1c2=O)C(=O)OCc1ccccc1. The molecule has 1 aromatic heterocycles. The average molecular weight is 483 g/mol. The van der Waals surface area contributed by atoms with Crippen LogP contribution in [0.4, 0.5) is 0 Å². The molecular weight excluding hydrogens is 456 g/mol. The van der Waals surface area contributed by atoms with Crippen molar-refractivity contribution in [3.05, 3.63) is 112 Å². The predicted octanol–water partition coefficient (Wildman–Crippen LogP) is 4.38. The lowest BCUT2D eigenvalue weighted by Gasteiger charge is -2.19. The van der Waals surface area contributed by atoms with Crippen LogP contribution in [0.25, 0.3) is 10.9 Å². The van der Waals surface area contributed by atoms with Crippen LogP contribution in [0.3, 0.4) is 0 Å². The van der Waals surface area contributed by atoms with Crippen molar-refractivity contribution in [1.82, 2.24) is 9.55 Å². The molecule has 0 N–H and O–H groups in total. The summed E-state index contributed by atoms with van der Waals surface area (Å²) in [5, 5.41) is 0.558. The third-order valence-corrected chi connectivity index (χ3v) is 6.49. The lowest BCUT2D eigenvalue weighted by molar-refractivity contribution is -0.164. The smallest absolute Gasteiger partial charge is 0.320 e. The number of para-hydroxylation sites is 1. The molecule has 182 valence electrons. The Hall–Kier alpha value is -4.26. The Kier molecular flexibility index (Phi) is 6.89. The summed E-state index contributed by atoms with van der Waals surface area (Å²) in [5.74, 6) is -2.06. The number of fused-ring (bicyclic) bond motifs is 2. The largest absolute Gasteiger partial charge is 0.460 e. The summed E-state index contributed by atoms with van der Waals surface area (Å²) in [5.41, 5.74) is 2.16. The molecular formula is C29H26N2O5. The van der Waals surface area contributed by atoms with Gasteiger partial charge in [0.2, 0.25) is 0 Å². The van der Waals surface area contributed by atoms with Crippen molar-refractivity contribution in [2.45, 2.75) is 38.5 Å². The number of benzene rings is 3. The van der Waals surface area contributed by atoms with Crippen LogP contribution in [0, 0.1) is 5.92 Å². The van der Waals surface area contributed by atoms with Crippen molar-refractivity contribution >= 4 is 22.8 Å². The van der Waals surface area contributed by atoms with Crippen LogP contribution < -0.4 is 5.56 Å². The van der Waals surface area contributed by atoms with E-state index in [-0.39, 0.29) is 31.1 Å². The molecule has 0 bridgehead atoms. The van der Waals surface area contributed by atoms with Crippen molar-refractivity contribution in [3.63, 3.8) is 0 Å². The Morgan fingerprint density at radius 3 is 2.00 bits per heavy atom. The Morgan fingerprint density at radius 2 is 1.39 bits per heavy atom. The molecule has 0 spiro atoms. The average Bonchev–Trinajstić information content (AvgIpc) is 3.33. The predicted molar refractivity (Wildman–Crippen MR) is 134 cm³/mol. The third kappa shape index (κ3) is 5.05. The maximum absolute atomic E-state index is 13.1. The minimum atomic E-state index is -1.13. The third-order valence-electron chi connectivity index (χ3n) is 6.49. The Balaban J connectivity index is 1.37. The van der Waals surface area contributed by atoms with Gasteiger partial charge in [-0.2, -0.15) is 0 Å². The number of aromatic nitrogens is 2. The molecule has 7 heteroatoms. The highest BCUT2D eigenvalue weighted by molar-refractivity contribution is 5.95. The first-order chi connectivity index (χ1) is 17.6. The van der Waals surface area contributed by atoms with E-state index < -0.39 is 17.9 Å². The van der Waals surface area contributed by atoms with Gasteiger partial charge in [-0.05, 0) is 36.1 Å². The minimum Gasteiger partial charge on any atom is -0.460 e. The van der Waals surface area contributed by atoms with Gasteiger partial charge in [0.25, 0.3) is 5.56 Å². The molecule has 1 atom stereocenters. The maximum atomic E-state index is 13.1. The fourth-order valence-electron chi connectivity index (χ4n) is 4.58. The lowest BCUT2D eigenvalue weighted by Crippen LogP contribution is -2.30. The quantitative estimate of drug-likeness (QED) is 0.274. The molecule has 0 fully saturated rings. The Labute approximate surface area is 208 Å². The second kappa shape index (κ2) is 10.6. The van der Waals surface area contributed by atoms with E-state index in [4.69, 9.17) is 14.5 Å². The number of esters is 2. The fraction of sp³-hybridized carbons (Fsp3) is 0.241. The van der Waals surface area contributed by atoms with E-state index in [1.54, 1.807) is 16.7 Å². The molecule has 2 heterocycles. The van der Waals surface area contributed by atoms with Crippen LogP contribution in [-0.2, 0) is 38.8 Å². The second-order valence-corrected chi connectivity index (χ2v) is 8.90. The van der Waals surface area contributed by atoms with Gasteiger partial charge < -0.3 is 9.47 Å². The normalized spacial score (nSPS) is 14.5. The highest BCUT2D eigenvalue weighted by Gasteiger charge is 2.37. The standard InChI is InChI=1S/C29H26N2O5/c32-27-23-13-7-8-14-25(23)30-26-22(15-16-31(26)27)17-24(28(33)35-18-20-9-3-1-4-10-20)29(34)36-19-21-11-5-2-6-12-21/h1-14,22,24H,15-19H2. The summed E-state index contributed by atoms with van der Waals surface area (Å²) < 4.78 is 12.7. The fourth-order valence-corrected chi connectivity index (χ4v) is 4.58. The zero-order valence-corrected chi connectivity index (χ0v) is 19.7. The van der Waals surface area contributed by atoms with E-state index in [9.17, 15) is 14.4 Å². The van der Waals surface area contributed by atoms with Crippen LogP contribution in [0.5, 0.6) is 0 Å². The van der Waals surface area contributed by atoms with Crippen molar-refractivity contribution in [2.24, 2.45) is 5.92 Å². The zero-order valence-electron chi connectivity index (χ0n) is 19.7. The summed E-state index contributed by atoms with van der Waals surface area (Å²) >= 11 is 0. The maximum Gasteiger partial charge on any atom is 0.320 e. The minimum absolute atomic E-state index is 0.0612. The molecule has 0 radical (unpaired) electrons. The van der Waals surface area contributed by atoms with Crippen LogP contribution in [0.2, 0.25) is 0 Å². The van der Waals surface area contributed by atoms with E-state index in [0.717, 1.165) is 11.1 Å². The van der Waals surface area contributed by atoms with Gasteiger partial charge >= 0.3 is 11.9 Å². The molecule has 4 aromatic rings. The van der Waals surface area contributed by atoms with E-state index in [2.05, 4.69) is 0 Å². The van der Waals surface area contributed by atoms with Crippen LogP contribution in [-0.4, -0.2) is 21.5 Å². The Morgan fingerprint density at radius 1 is 0.833 bits per heavy atom. The zero-order chi connectivity index (χ0) is 24.9. The van der Waals surface area contributed by atoms with Crippen LogP contribution >= 0.6 is 0 Å². The summed E-state index contributed by atoms with van der Waals surface area (Å²) in [4.78, 5) is 44.0. The summed E-state index contributed by atoms with van der Waals surface area (Å²) in [7, 11) is 0. The first kappa shape index (κ1) is 23.5. The summed E-state index contributed by atoms with van der Waals surface area (Å²) in [6.07, 6.45) is 0.763. The second-order valence-electron chi connectivity index (χ2n) is 8.90. The number of nitrogens with zero attached hydrogens (tertiary/aromatic N) is 2. The van der Waals surface area contributed by atoms with Gasteiger partial charge in [-0.1, -0.05) is 72.8 Å². The van der Waals surface area contributed by atoms with Gasteiger partial charge in [0, 0.05) is 12.5 Å². The number of hydrogen-bond donors (Lipinski definition) is 0. The van der Waals surface area contributed by atoms with Gasteiger partial charge in [0.15, 0.2) is 5.92 Å². The number of carbonyl (C=O) groups excluding carboxylic acids is 2. The summed E-state index contributed by atoms with van der Waals surface area (Å²) in [6.45, 7) is 0.610. The molecule has 0 aliphatic carbocycles. The van der Waals surface area contributed by atoms with E-state index in [1.807, 2.05) is 72.8 Å². The molecule has 0 saturated heterocycles. The Bertz CT molecular complexity index is 1380. The molecule has 1 unspecified atom stereocenters. The van der Waals surface area contributed by atoms with Gasteiger partial charge in [-0.3, -0.25) is 19.0 Å². The van der Waals surface area contributed by atoms with Crippen LogP contribution in [0.1, 0.15) is 35.7 Å². The number of ether oxygens (including phenoxy) is 2. The molecule has 0 amide bonds. The van der Waals surface area contributed by atoms with Crippen molar-refractivity contribution in [2.75, 3.05) is 0 Å².